The molecule has 1 amide bonds. The fourth-order valence-corrected chi connectivity index (χ4v) is 3.69. The van der Waals surface area contributed by atoms with Crippen molar-refractivity contribution in [2.24, 2.45) is 0 Å². The summed E-state index contributed by atoms with van der Waals surface area (Å²) in [5, 5.41) is 3.81. The number of aryl methyl sites for hydroxylation is 1. The quantitative estimate of drug-likeness (QED) is 0.756. The summed E-state index contributed by atoms with van der Waals surface area (Å²) in [6.45, 7) is 5.56. The van der Waals surface area contributed by atoms with Crippen LogP contribution in [0.15, 0.2) is 54.7 Å². The molecule has 0 atom stereocenters. The number of halogens is 1. The first-order valence-electron chi connectivity index (χ1n) is 9.48. The number of fused-ring (bicyclic) bond motifs is 1. The third kappa shape index (κ3) is 3.82. The third-order valence-corrected chi connectivity index (χ3v) is 5.18. The normalized spacial score (nSPS) is 15.0. The minimum atomic E-state index is -0.416. The zero-order valence-corrected chi connectivity index (χ0v) is 15.9. The van der Waals surface area contributed by atoms with E-state index in [0.29, 0.717) is 0 Å². The van der Waals surface area contributed by atoms with Crippen LogP contribution in [-0.4, -0.2) is 48.5 Å². The lowest BCUT2D eigenvalue weighted by Gasteiger charge is -2.36. The zero-order valence-electron chi connectivity index (χ0n) is 15.9. The van der Waals surface area contributed by atoms with Crippen LogP contribution >= 0.6 is 0 Å². The number of hydrogen-bond donors (Lipinski definition) is 1. The van der Waals surface area contributed by atoms with E-state index in [1.165, 1.54) is 17.3 Å². The number of hydrogen-bond acceptors (Lipinski definition) is 4. The molecule has 2 heterocycles. The number of nitrogens with one attached hydrogen (secondary N) is 1. The summed E-state index contributed by atoms with van der Waals surface area (Å²) in [6.07, 6.45) is 1.86. The van der Waals surface area contributed by atoms with Crippen molar-refractivity contribution in [3.8, 4) is 0 Å². The van der Waals surface area contributed by atoms with Crippen molar-refractivity contribution >= 4 is 28.2 Å². The highest BCUT2D eigenvalue weighted by atomic mass is 19.1. The van der Waals surface area contributed by atoms with Gasteiger partial charge in [0, 0.05) is 43.4 Å². The van der Waals surface area contributed by atoms with Crippen LogP contribution in [-0.2, 0) is 4.79 Å². The minimum absolute atomic E-state index is 0.191. The Bertz CT molecular complexity index is 999. The van der Waals surface area contributed by atoms with Crippen molar-refractivity contribution in [2.75, 3.05) is 42.9 Å². The largest absolute Gasteiger partial charge is 0.368 e. The fraction of sp³-hybridized carbons (Fsp3) is 0.273. The smallest absolute Gasteiger partial charge is 0.238 e. The van der Waals surface area contributed by atoms with Crippen LogP contribution in [0.1, 0.15) is 5.56 Å². The predicted molar refractivity (Wildman–Crippen MR) is 110 cm³/mol. The van der Waals surface area contributed by atoms with Gasteiger partial charge in [0.1, 0.15) is 5.82 Å². The number of para-hydroxylation sites is 2. The molecular weight excluding hydrogens is 355 g/mol. The molecule has 1 N–H and O–H groups in total. The van der Waals surface area contributed by atoms with E-state index in [4.69, 9.17) is 0 Å². The number of carbonyl (C=O) groups excluding carboxylic acids is 1. The van der Waals surface area contributed by atoms with Crippen molar-refractivity contribution in [1.82, 2.24) is 9.88 Å². The van der Waals surface area contributed by atoms with Crippen molar-refractivity contribution in [3.63, 3.8) is 0 Å². The average Bonchev–Trinajstić information content (AvgIpc) is 2.70. The molecule has 1 aromatic heterocycles. The molecule has 2 aromatic carbocycles. The molecule has 6 heteroatoms. The van der Waals surface area contributed by atoms with Gasteiger partial charge < -0.3 is 10.2 Å². The molecule has 5 nitrogen and oxygen atoms in total. The Morgan fingerprint density at radius 2 is 1.86 bits per heavy atom. The van der Waals surface area contributed by atoms with Crippen molar-refractivity contribution < 1.29 is 9.18 Å². The number of pyridine rings is 1. The third-order valence-electron chi connectivity index (χ3n) is 5.18. The van der Waals surface area contributed by atoms with Gasteiger partial charge in [-0.1, -0.05) is 30.3 Å². The minimum Gasteiger partial charge on any atom is -0.368 e. The molecule has 0 saturated carbocycles. The summed E-state index contributed by atoms with van der Waals surface area (Å²) in [6, 6.07) is 14.5. The second kappa shape index (κ2) is 7.94. The second-order valence-electron chi connectivity index (χ2n) is 7.09. The number of benzene rings is 2. The summed E-state index contributed by atoms with van der Waals surface area (Å²) in [4.78, 5) is 21.2. The van der Waals surface area contributed by atoms with Crippen LogP contribution in [0.4, 0.5) is 15.8 Å². The lowest BCUT2D eigenvalue weighted by molar-refractivity contribution is -0.117. The summed E-state index contributed by atoms with van der Waals surface area (Å²) in [5.41, 5.74) is 3.61. The molecule has 1 saturated heterocycles. The number of carbonyl (C=O) groups is 1. The average molecular weight is 378 g/mol. The number of piperazine rings is 1. The Kier molecular flexibility index (Phi) is 5.21. The van der Waals surface area contributed by atoms with E-state index in [1.807, 2.05) is 6.20 Å². The number of nitrogens with zero attached hydrogens (tertiary/aromatic N) is 3. The number of aromatic nitrogens is 1. The van der Waals surface area contributed by atoms with Gasteiger partial charge in [-0.3, -0.25) is 14.7 Å². The van der Waals surface area contributed by atoms with Gasteiger partial charge >= 0.3 is 0 Å². The maximum Gasteiger partial charge on any atom is 0.238 e. The van der Waals surface area contributed by atoms with Gasteiger partial charge in [0.15, 0.2) is 0 Å². The fourth-order valence-electron chi connectivity index (χ4n) is 3.69. The molecule has 28 heavy (non-hydrogen) atoms. The van der Waals surface area contributed by atoms with E-state index in [9.17, 15) is 9.18 Å². The SMILES string of the molecule is Cc1cccc2c(N3CCN(CC(=O)Nc4ccccc4F)CC3)ccnc12. The molecule has 1 aliphatic heterocycles. The molecule has 4 rings (SSSR count). The van der Waals surface area contributed by atoms with Gasteiger partial charge in [-0.15, -0.1) is 0 Å². The molecular formula is C22H23FN4O. The molecule has 0 bridgehead atoms. The van der Waals surface area contributed by atoms with Gasteiger partial charge in [0.05, 0.1) is 17.7 Å². The van der Waals surface area contributed by atoms with E-state index in [-0.39, 0.29) is 18.1 Å². The Morgan fingerprint density at radius 3 is 2.64 bits per heavy atom. The summed E-state index contributed by atoms with van der Waals surface area (Å²) in [7, 11) is 0. The molecule has 3 aromatic rings. The van der Waals surface area contributed by atoms with Crippen LogP contribution < -0.4 is 10.2 Å². The van der Waals surface area contributed by atoms with E-state index < -0.39 is 5.82 Å². The molecule has 1 fully saturated rings. The lowest BCUT2D eigenvalue weighted by atomic mass is 10.1. The van der Waals surface area contributed by atoms with Crippen LogP contribution in [0.5, 0.6) is 0 Å². The van der Waals surface area contributed by atoms with Crippen LogP contribution in [0.2, 0.25) is 0 Å². The number of anilines is 2. The summed E-state index contributed by atoms with van der Waals surface area (Å²) >= 11 is 0. The van der Waals surface area contributed by atoms with E-state index >= 15 is 0 Å². The second-order valence-corrected chi connectivity index (χ2v) is 7.09. The lowest BCUT2D eigenvalue weighted by Crippen LogP contribution is -2.48. The molecule has 0 radical (unpaired) electrons. The highest BCUT2D eigenvalue weighted by molar-refractivity contribution is 5.94. The van der Waals surface area contributed by atoms with E-state index in [1.54, 1.807) is 18.2 Å². The van der Waals surface area contributed by atoms with Crippen LogP contribution in [0, 0.1) is 12.7 Å². The zero-order chi connectivity index (χ0) is 19.5. The van der Waals surface area contributed by atoms with E-state index in [2.05, 4.69) is 51.3 Å². The van der Waals surface area contributed by atoms with Crippen LogP contribution in [0.25, 0.3) is 10.9 Å². The Morgan fingerprint density at radius 1 is 1.07 bits per heavy atom. The Hall–Kier alpha value is -2.99. The van der Waals surface area contributed by atoms with Crippen molar-refractivity contribution in [2.45, 2.75) is 6.92 Å². The monoisotopic (exact) mass is 378 g/mol. The number of rotatable bonds is 4. The van der Waals surface area contributed by atoms with Gasteiger partial charge in [0.25, 0.3) is 0 Å². The maximum atomic E-state index is 13.7. The topological polar surface area (TPSA) is 48.5 Å². The van der Waals surface area contributed by atoms with Gasteiger partial charge in [0.2, 0.25) is 5.91 Å². The highest BCUT2D eigenvalue weighted by Gasteiger charge is 2.21. The molecule has 1 aliphatic rings. The molecule has 144 valence electrons. The van der Waals surface area contributed by atoms with E-state index in [0.717, 1.165) is 37.1 Å². The van der Waals surface area contributed by atoms with Crippen molar-refractivity contribution in [3.05, 3.63) is 66.1 Å². The van der Waals surface area contributed by atoms with Gasteiger partial charge in [-0.25, -0.2) is 4.39 Å². The first-order valence-corrected chi connectivity index (χ1v) is 9.48. The first-order chi connectivity index (χ1) is 13.6. The first kappa shape index (κ1) is 18.4. The molecule has 0 aliphatic carbocycles. The Labute approximate surface area is 163 Å². The van der Waals surface area contributed by atoms with Gasteiger partial charge in [-0.05, 0) is 30.7 Å². The van der Waals surface area contributed by atoms with Crippen LogP contribution in [0.3, 0.4) is 0 Å². The molecule has 0 spiro atoms. The van der Waals surface area contributed by atoms with Crippen molar-refractivity contribution in [1.29, 1.82) is 0 Å². The molecule has 0 unspecified atom stereocenters. The predicted octanol–water partition coefficient (Wildman–Crippen LogP) is 3.44. The highest BCUT2D eigenvalue weighted by Crippen LogP contribution is 2.27. The maximum absolute atomic E-state index is 13.7. The Balaban J connectivity index is 1.38. The summed E-state index contributed by atoms with van der Waals surface area (Å²) in [5.74, 6) is -0.607. The summed E-state index contributed by atoms with van der Waals surface area (Å²) < 4.78 is 13.7. The number of amides is 1. The standard InChI is InChI=1S/C22H23FN4O/c1-16-5-4-6-17-20(9-10-24-22(16)17)27-13-11-26(12-14-27)15-21(28)25-19-8-3-2-7-18(19)23/h2-10H,11-15H2,1H3,(H,25,28). The van der Waals surface area contributed by atoms with Gasteiger partial charge in [-0.2, -0.15) is 0 Å².